The van der Waals surface area contributed by atoms with Crippen LogP contribution in [0.15, 0.2) is 47.8 Å². The molecule has 27 heavy (non-hydrogen) atoms. The maximum absolute atomic E-state index is 12.8. The number of carboxylic acid groups (broad SMARTS) is 1. The van der Waals surface area contributed by atoms with Gasteiger partial charge in [-0.2, -0.15) is 0 Å². The molecule has 0 unspecified atom stereocenters. The van der Waals surface area contributed by atoms with Crippen LogP contribution in [0.25, 0.3) is 16.9 Å². The van der Waals surface area contributed by atoms with Gasteiger partial charge in [0.05, 0.1) is 12.1 Å². The van der Waals surface area contributed by atoms with Gasteiger partial charge in [0.1, 0.15) is 12.7 Å². The van der Waals surface area contributed by atoms with Gasteiger partial charge in [0.15, 0.2) is 11.2 Å². The van der Waals surface area contributed by atoms with E-state index < -0.39 is 11.7 Å². The molecule has 2 aromatic heterocycles. The molecule has 1 aromatic carbocycles. The standard InChI is InChI=1S/C18H19N5O4/c24-16-14-15(23(12-19-14)13-4-2-1-3-5-13)20-11-22(16)10-18(27)6-8-21(9-7-18)17(25)26/h1-5,11-12,27H,6-10H2,(H,25,26). The molecule has 4 rings (SSSR count). The molecular formula is C18H19N5O4. The van der Waals surface area contributed by atoms with E-state index in [1.165, 1.54) is 15.8 Å². The number of hydrogen-bond acceptors (Lipinski definition) is 5. The molecule has 2 N–H and O–H groups in total. The number of aliphatic hydroxyl groups is 1. The number of imidazole rings is 1. The number of aromatic nitrogens is 4. The van der Waals surface area contributed by atoms with E-state index in [9.17, 15) is 14.7 Å². The number of para-hydroxylation sites is 1. The van der Waals surface area contributed by atoms with Crippen LogP contribution in [0.1, 0.15) is 12.8 Å². The highest BCUT2D eigenvalue weighted by Crippen LogP contribution is 2.24. The van der Waals surface area contributed by atoms with Crippen LogP contribution in [0.5, 0.6) is 0 Å². The molecule has 0 bridgehead atoms. The van der Waals surface area contributed by atoms with Crippen LogP contribution >= 0.6 is 0 Å². The lowest BCUT2D eigenvalue weighted by atomic mass is 9.91. The fourth-order valence-corrected chi connectivity index (χ4v) is 3.41. The second-order valence-electron chi connectivity index (χ2n) is 6.79. The van der Waals surface area contributed by atoms with Crippen molar-refractivity contribution < 1.29 is 15.0 Å². The maximum atomic E-state index is 12.8. The molecule has 1 aliphatic rings. The number of hydrogen-bond donors (Lipinski definition) is 2. The van der Waals surface area contributed by atoms with E-state index in [0.717, 1.165) is 5.69 Å². The van der Waals surface area contributed by atoms with E-state index in [4.69, 9.17) is 5.11 Å². The minimum absolute atomic E-state index is 0.0560. The van der Waals surface area contributed by atoms with Crippen molar-refractivity contribution in [3.8, 4) is 5.69 Å². The molecule has 0 atom stereocenters. The Balaban J connectivity index is 1.62. The topological polar surface area (TPSA) is 113 Å². The summed E-state index contributed by atoms with van der Waals surface area (Å²) in [6.07, 6.45) is 2.50. The van der Waals surface area contributed by atoms with Crippen molar-refractivity contribution in [1.29, 1.82) is 0 Å². The van der Waals surface area contributed by atoms with Crippen LogP contribution < -0.4 is 5.56 Å². The van der Waals surface area contributed by atoms with Crippen molar-refractivity contribution in [3.05, 3.63) is 53.3 Å². The molecule has 3 aromatic rings. The van der Waals surface area contributed by atoms with Crippen LogP contribution in [0.3, 0.4) is 0 Å². The molecule has 1 saturated heterocycles. The van der Waals surface area contributed by atoms with Crippen LogP contribution in [0.4, 0.5) is 4.79 Å². The molecular weight excluding hydrogens is 350 g/mol. The molecule has 0 spiro atoms. The molecule has 0 saturated carbocycles. The second-order valence-corrected chi connectivity index (χ2v) is 6.79. The highest BCUT2D eigenvalue weighted by molar-refractivity contribution is 5.71. The summed E-state index contributed by atoms with van der Waals surface area (Å²) in [4.78, 5) is 33.6. The molecule has 0 aliphatic carbocycles. The molecule has 9 heteroatoms. The number of benzene rings is 1. The predicted octanol–water partition coefficient (Wildman–Crippen LogP) is 1.09. The van der Waals surface area contributed by atoms with Crippen molar-refractivity contribution >= 4 is 17.3 Å². The van der Waals surface area contributed by atoms with Gasteiger partial charge in [0.25, 0.3) is 5.56 Å². The number of likely N-dealkylation sites (tertiary alicyclic amines) is 1. The lowest BCUT2D eigenvalue weighted by molar-refractivity contribution is -0.0304. The third kappa shape index (κ3) is 3.17. The minimum atomic E-state index is -1.15. The summed E-state index contributed by atoms with van der Waals surface area (Å²) in [5, 5.41) is 19.8. The van der Waals surface area contributed by atoms with Crippen molar-refractivity contribution in [2.75, 3.05) is 13.1 Å². The van der Waals surface area contributed by atoms with Crippen molar-refractivity contribution in [2.45, 2.75) is 25.0 Å². The molecule has 1 amide bonds. The van der Waals surface area contributed by atoms with Gasteiger partial charge in [0.2, 0.25) is 0 Å². The molecule has 1 aliphatic heterocycles. The first-order valence-corrected chi connectivity index (χ1v) is 8.65. The van der Waals surface area contributed by atoms with Gasteiger partial charge < -0.3 is 15.1 Å². The van der Waals surface area contributed by atoms with E-state index in [-0.39, 0.29) is 43.6 Å². The summed E-state index contributed by atoms with van der Waals surface area (Å²) in [6.45, 7) is 0.526. The van der Waals surface area contributed by atoms with E-state index in [0.29, 0.717) is 5.65 Å². The van der Waals surface area contributed by atoms with E-state index >= 15 is 0 Å². The smallest absolute Gasteiger partial charge is 0.407 e. The number of nitrogens with zero attached hydrogens (tertiary/aromatic N) is 5. The third-order valence-electron chi connectivity index (χ3n) is 4.99. The normalized spacial score (nSPS) is 16.6. The molecule has 0 radical (unpaired) electrons. The van der Waals surface area contributed by atoms with Crippen molar-refractivity contribution in [1.82, 2.24) is 24.0 Å². The summed E-state index contributed by atoms with van der Waals surface area (Å²) < 4.78 is 3.09. The molecule has 140 valence electrons. The van der Waals surface area contributed by atoms with Gasteiger partial charge in [-0.1, -0.05) is 18.2 Å². The minimum Gasteiger partial charge on any atom is -0.465 e. The van der Waals surface area contributed by atoms with Gasteiger partial charge in [0, 0.05) is 18.8 Å². The fraction of sp³-hybridized carbons (Fsp3) is 0.333. The zero-order chi connectivity index (χ0) is 19.0. The lowest BCUT2D eigenvalue weighted by Gasteiger charge is -2.37. The zero-order valence-electron chi connectivity index (χ0n) is 14.5. The van der Waals surface area contributed by atoms with Gasteiger partial charge in [-0.3, -0.25) is 13.9 Å². The number of carbonyl (C=O) groups is 1. The third-order valence-corrected chi connectivity index (χ3v) is 4.99. The Morgan fingerprint density at radius 2 is 1.81 bits per heavy atom. The average Bonchev–Trinajstić information content (AvgIpc) is 3.10. The Bertz CT molecular complexity index is 1030. The van der Waals surface area contributed by atoms with Gasteiger partial charge in [-0.15, -0.1) is 0 Å². The quantitative estimate of drug-likeness (QED) is 0.714. The van der Waals surface area contributed by atoms with Crippen LogP contribution in [-0.4, -0.2) is 59.0 Å². The Morgan fingerprint density at radius 1 is 1.11 bits per heavy atom. The number of rotatable bonds is 3. The first-order chi connectivity index (χ1) is 13.0. The first kappa shape index (κ1) is 17.2. The number of fused-ring (bicyclic) bond motifs is 1. The Hall–Kier alpha value is -3.20. The first-order valence-electron chi connectivity index (χ1n) is 8.65. The summed E-state index contributed by atoms with van der Waals surface area (Å²) >= 11 is 0. The average molecular weight is 369 g/mol. The van der Waals surface area contributed by atoms with Crippen LogP contribution in [-0.2, 0) is 6.54 Å². The van der Waals surface area contributed by atoms with E-state index in [1.807, 2.05) is 30.3 Å². The van der Waals surface area contributed by atoms with Crippen molar-refractivity contribution in [3.63, 3.8) is 0 Å². The van der Waals surface area contributed by atoms with Gasteiger partial charge >= 0.3 is 6.09 Å². The summed E-state index contributed by atoms with van der Waals surface area (Å²) in [5.41, 5.74) is 0.0591. The summed E-state index contributed by atoms with van der Waals surface area (Å²) in [5.74, 6) is 0. The Kier molecular flexibility index (Phi) is 4.15. The zero-order valence-corrected chi connectivity index (χ0v) is 14.5. The lowest BCUT2D eigenvalue weighted by Crippen LogP contribution is -2.49. The van der Waals surface area contributed by atoms with Gasteiger partial charge in [-0.25, -0.2) is 14.8 Å². The fourth-order valence-electron chi connectivity index (χ4n) is 3.41. The Labute approximate surface area is 154 Å². The monoisotopic (exact) mass is 369 g/mol. The summed E-state index contributed by atoms with van der Waals surface area (Å²) in [7, 11) is 0. The van der Waals surface area contributed by atoms with Gasteiger partial charge in [-0.05, 0) is 25.0 Å². The van der Waals surface area contributed by atoms with Crippen LogP contribution in [0.2, 0.25) is 0 Å². The number of piperidine rings is 1. The number of amides is 1. The second kappa shape index (κ2) is 6.51. The SMILES string of the molecule is O=C(O)N1CCC(O)(Cn2cnc3c(ncn3-c3ccccc3)c2=O)CC1. The highest BCUT2D eigenvalue weighted by atomic mass is 16.4. The maximum Gasteiger partial charge on any atom is 0.407 e. The largest absolute Gasteiger partial charge is 0.465 e. The highest BCUT2D eigenvalue weighted by Gasteiger charge is 2.34. The predicted molar refractivity (Wildman–Crippen MR) is 96.9 cm³/mol. The Morgan fingerprint density at radius 3 is 2.48 bits per heavy atom. The molecule has 3 heterocycles. The van der Waals surface area contributed by atoms with E-state index in [2.05, 4.69) is 9.97 Å². The molecule has 1 fully saturated rings. The van der Waals surface area contributed by atoms with Crippen molar-refractivity contribution in [2.24, 2.45) is 0 Å². The van der Waals surface area contributed by atoms with E-state index in [1.54, 1.807) is 10.9 Å². The van der Waals surface area contributed by atoms with Crippen LogP contribution in [0, 0.1) is 0 Å². The molecule has 9 nitrogen and oxygen atoms in total. The summed E-state index contributed by atoms with van der Waals surface area (Å²) in [6, 6.07) is 9.47.